The van der Waals surface area contributed by atoms with Crippen molar-refractivity contribution in [1.29, 1.82) is 0 Å². The van der Waals surface area contributed by atoms with Crippen molar-refractivity contribution in [2.45, 2.75) is 12.5 Å². The van der Waals surface area contributed by atoms with Crippen molar-refractivity contribution in [3.8, 4) is 0 Å². The number of fused-ring (bicyclic) bond motifs is 1. The Morgan fingerprint density at radius 3 is 2.65 bits per heavy atom. The Morgan fingerprint density at radius 2 is 1.95 bits per heavy atom. The fourth-order valence-corrected chi connectivity index (χ4v) is 4.01. The quantitative estimate of drug-likeness (QED) is 0.704. The Bertz CT molecular complexity index is 643. The predicted octanol–water partition coefficient (Wildman–Crippen LogP) is -0.138. The van der Waals surface area contributed by atoms with Gasteiger partial charge in [-0.1, -0.05) is 6.07 Å². The highest BCUT2D eigenvalue weighted by atomic mass is 32.2. The molecule has 0 saturated carbocycles. The summed E-state index contributed by atoms with van der Waals surface area (Å²) < 4.78 is 22.9. The minimum atomic E-state index is -2.94. The number of carbonyl (C=O) groups excluding carboxylic acids is 1. The number of anilines is 2. The van der Waals surface area contributed by atoms with Crippen LogP contribution in [0.3, 0.4) is 0 Å². The molecule has 7 heteroatoms. The first-order valence-electron chi connectivity index (χ1n) is 6.59. The second-order valence-corrected chi connectivity index (χ2v) is 7.57. The Morgan fingerprint density at radius 1 is 1.25 bits per heavy atom. The van der Waals surface area contributed by atoms with Crippen LogP contribution in [-0.2, 0) is 21.1 Å². The average Bonchev–Trinajstić information content (AvgIpc) is 2.39. The molecule has 2 aliphatic rings. The standard InChI is InChI=1S/C13H17N3O3S/c14-10-2-1-3-11-9(10)8-12(13(17)15-11)16-4-6-20(18,19)7-5-16/h1-3,12H,4-8,14H2,(H,15,17). The SMILES string of the molecule is Nc1cccc2c1CC(N1CCS(=O)(=O)CC1)C(=O)N2. The largest absolute Gasteiger partial charge is 0.398 e. The van der Waals surface area contributed by atoms with Crippen LogP contribution < -0.4 is 11.1 Å². The molecule has 1 aromatic rings. The smallest absolute Gasteiger partial charge is 0.242 e. The Labute approximate surface area is 117 Å². The van der Waals surface area contributed by atoms with Gasteiger partial charge >= 0.3 is 0 Å². The first-order valence-corrected chi connectivity index (χ1v) is 8.41. The van der Waals surface area contributed by atoms with Gasteiger partial charge in [0.2, 0.25) is 5.91 Å². The lowest BCUT2D eigenvalue weighted by atomic mass is 9.96. The van der Waals surface area contributed by atoms with E-state index in [0.29, 0.717) is 25.2 Å². The van der Waals surface area contributed by atoms with E-state index in [-0.39, 0.29) is 23.5 Å². The van der Waals surface area contributed by atoms with Crippen molar-refractivity contribution < 1.29 is 13.2 Å². The second-order valence-electron chi connectivity index (χ2n) is 5.27. The van der Waals surface area contributed by atoms with Crippen LogP contribution in [0.1, 0.15) is 5.56 Å². The fourth-order valence-electron chi connectivity index (χ4n) is 2.78. The molecule has 0 spiro atoms. The molecule has 0 bridgehead atoms. The lowest BCUT2D eigenvalue weighted by Crippen LogP contribution is -2.53. The van der Waals surface area contributed by atoms with E-state index in [9.17, 15) is 13.2 Å². The summed E-state index contributed by atoms with van der Waals surface area (Å²) in [5.41, 5.74) is 8.32. The van der Waals surface area contributed by atoms with E-state index in [0.717, 1.165) is 11.3 Å². The van der Waals surface area contributed by atoms with Crippen LogP contribution in [0.4, 0.5) is 11.4 Å². The number of nitrogens with two attached hydrogens (primary N) is 1. The number of benzene rings is 1. The van der Waals surface area contributed by atoms with E-state index in [2.05, 4.69) is 5.32 Å². The first-order chi connectivity index (χ1) is 9.46. The lowest BCUT2D eigenvalue weighted by molar-refractivity contribution is -0.121. The van der Waals surface area contributed by atoms with Crippen LogP contribution in [0.2, 0.25) is 0 Å². The lowest BCUT2D eigenvalue weighted by Gasteiger charge is -2.36. The van der Waals surface area contributed by atoms with Crippen LogP contribution in [0.5, 0.6) is 0 Å². The molecule has 1 aromatic carbocycles. The third-order valence-corrected chi connectivity index (χ3v) is 5.60. The number of nitrogen functional groups attached to an aromatic ring is 1. The highest BCUT2D eigenvalue weighted by Gasteiger charge is 2.35. The third-order valence-electron chi connectivity index (χ3n) is 3.99. The number of nitrogens with zero attached hydrogens (tertiary/aromatic N) is 1. The van der Waals surface area contributed by atoms with Crippen LogP contribution in [0, 0.1) is 0 Å². The van der Waals surface area contributed by atoms with E-state index in [1.54, 1.807) is 0 Å². The summed E-state index contributed by atoms with van der Waals surface area (Å²) in [5.74, 6) is 0.157. The summed E-state index contributed by atoms with van der Waals surface area (Å²) in [7, 11) is -2.94. The van der Waals surface area contributed by atoms with Crippen molar-refractivity contribution in [1.82, 2.24) is 4.90 Å². The first kappa shape index (κ1) is 13.4. The maximum absolute atomic E-state index is 12.2. The van der Waals surface area contributed by atoms with Crippen LogP contribution in [0.15, 0.2) is 18.2 Å². The molecule has 0 aliphatic carbocycles. The summed E-state index contributed by atoms with van der Waals surface area (Å²) >= 11 is 0. The molecule has 1 fully saturated rings. The summed E-state index contributed by atoms with van der Waals surface area (Å²) in [6, 6.07) is 5.12. The van der Waals surface area contributed by atoms with Gasteiger partial charge in [0.05, 0.1) is 17.5 Å². The van der Waals surface area contributed by atoms with E-state index in [1.165, 1.54) is 0 Å². The molecule has 1 atom stereocenters. The molecule has 1 amide bonds. The van der Waals surface area contributed by atoms with Crippen molar-refractivity contribution in [3.05, 3.63) is 23.8 Å². The van der Waals surface area contributed by atoms with Gasteiger partial charge in [0, 0.05) is 36.4 Å². The average molecular weight is 295 g/mol. The molecule has 1 saturated heterocycles. The number of hydrogen-bond acceptors (Lipinski definition) is 5. The van der Waals surface area contributed by atoms with Gasteiger partial charge in [-0.05, 0) is 12.1 Å². The summed E-state index contributed by atoms with van der Waals surface area (Å²) in [4.78, 5) is 14.1. The Kier molecular flexibility index (Phi) is 3.18. The number of hydrogen-bond donors (Lipinski definition) is 2. The molecule has 20 heavy (non-hydrogen) atoms. The summed E-state index contributed by atoms with van der Waals surface area (Å²) in [5, 5.41) is 2.86. The van der Waals surface area contributed by atoms with Crippen molar-refractivity contribution >= 4 is 27.1 Å². The molecular weight excluding hydrogens is 278 g/mol. The highest BCUT2D eigenvalue weighted by Crippen LogP contribution is 2.29. The van der Waals surface area contributed by atoms with Crippen molar-refractivity contribution in [2.75, 3.05) is 35.6 Å². The summed E-state index contributed by atoms with van der Waals surface area (Å²) in [6.45, 7) is 0.810. The van der Waals surface area contributed by atoms with Gasteiger partial charge in [-0.3, -0.25) is 9.69 Å². The van der Waals surface area contributed by atoms with E-state index >= 15 is 0 Å². The zero-order valence-electron chi connectivity index (χ0n) is 11.0. The van der Waals surface area contributed by atoms with Gasteiger partial charge in [0.1, 0.15) is 0 Å². The van der Waals surface area contributed by atoms with Gasteiger partial charge in [0.25, 0.3) is 0 Å². The highest BCUT2D eigenvalue weighted by molar-refractivity contribution is 7.91. The van der Waals surface area contributed by atoms with Gasteiger partial charge in [-0.25, -0.2) is 8.42 Å². The number of amides is 1. The monoisotopic (exact) mass is 295 g/mol. The maximum Gasteiger partial charge on any atom is 0.242 e. The van der Waals surface area contributed by atoms with Crippen molar-refractivity contribution in [3.63, 3.8) is 0 Å². The zero-order chi connectivity index (χ0) is 14.3. The number of rotatable bonds is 1. The Balaban J connectivity index is 1.82. The molecule has 3 rings (SSSR count). The maximum atomic E-state index is 12.2. The topological polar surface area (TPSA) is 92.5 Å². The number of sulfone groups is 1. The molecule has 108 valence electrons. The minimum Gasteiger partial charge on any atom is -0.398 e. The van der Waals surface area contributed by atoms with Gasteiger partial charge in [-0.2, -0.15) is 0 Å². The normalized spacial score (nSPS) is 25.8. The molecule has 1 unspecified atom stereocenters. The number of carbonyl (C=O) groups is 1. The molecule has 0 aromatic heterocycles. The van der Waals surface area contributed by atoms with E-state index in [1.807, 2.05) is 23.1 Å². The van der Waals surface area contributed by atoms with Gasteiger partial charge in [0.15, 0.2) is 9.84 Å². The molecule has 6 nitrogen and oxygen atoms in total. The second kappa shape index (κ2) is 4.75. The fraction of sp³-hybridized carbons (Fsp3) is 0.462. The summed E-state index contributed by atoms with van der Waals surface area (Å²) in [6.07, 6.45) is 0.536. The van der Waals surface area contributed by atoms with Crippen LogP contribution >= 0.6 is 0 Å². The van der Waals surface area contributed by atoms with Crippen molar-refractivity contribution in [2.24, 2.45) is 0 Å². The molecule has 3 N–H and O–H groups in total. The van der Waals surface area contributed by atoms with E-state index in [4.69, 9.17) is 5.73 Å². The zero-order valence-corrected chi connectivity index (χ0v) is 11.8. The predicted molar refractivity (Wildman–Crippen MR) is 77.2 cm³/mol. The minimum absolute atomic E-state index is 0.0811. The molecule has 2 aliphatic heterocycles. The molecule has 2 heterocycles. The Hall–Kier alpha value is -1.60. The number of nitrogens with one attached hydrogen (secondary N) is 1. The molecular formula is C13H17N3O3S. The third kappa shape index (κ3) is 2.38. The van der Waals surface area contributed by atoms with E-state index < -0.39 is 9.84 Å². The van der Waals surface area contributed by atoms with Gasteiger partial charge < -0.3 is 11.1 Å². The van der Waals surface area contributed by atoms with Crippen LogP contribution in [-0.4, -0.2) is 49.9 Å². The molecule has 0 radical (unpaired) electrons. The van der Waals surface area contributed by atoms with Crippen LogP contribution in [0.25, 0.3) is 0 Å². The van der Waals surface area contributed by atoms with Gasteiger partial charge in [-0.15, -0.1) is 0 Å².